The lowest BCUT2D eigenvalue weighted by molar-refractivity contribution is -0.272. The van der Waals surface area contributed by atoms with Crippen LogP contribution in [0.2, 0.25) is 0 Å². The number of hydrogen-bond acceptors (Lipinski definition) is 5. The van der Waals surface area contributed by atoms with Crippen LogP contribution in [-0.4, -0.2) is 41.0 Å². The second-order valence-electron chi connectivity index (χ2n) is 8.08. The molecular formula is C22H23F5N2O4. The maximum absolute atomic E-state index is 14.4. The smallest absolute Gasteiger partial charge is 0.417 e. The van der Waals surface area contributed by atoms with E-state index in [1.807, 2.05) is 0 Å². The topological polar surface area (TPSA) is 80.7 Å². The zero-order chi connectivity index (χ0) is 24.7. The molecule has 180 valence electrons. The number of pyridine rings is 1. The minimum absolute atomic E-state index is 0.128. The number of carbonyl (C=O) groups excluding carboxylic acids is 1. The van der Waals surface area contributed by atoms with Crippen molar-refractivity contribution in [2.24, 2.45) is 5.92 Å². The third-order valence-electron chi connectivity index (χ3n) is 6.05. The molecule has 1 aliphatic heterocycles. The van der Waals surface area contributed by atoms with Crippen LogP contribution in [0, 0.1) is 17.6 Å². The highest BCUT2D eigenvalue weighted by atomic mass is 19.4. The van der Waals surface area contributed by atoms with Gasteiger partial charge in [-0.25, -0.2) is 4.39 Å². The van der Waals surface area contributed by atoms with Crippen molar-refractivity contribution in [2.75, 3.05) is 12.4 Å². The van der Waals surface area contributed by atoms with Crippen molar-refractivity contribution in [3.8, 4) is 5.75 Å². The average molecular weight is 474 g/mol. The molecule has 33 heavy (non-hydrogen) atoms. The zero-order valence-corrected chi connectivity index (χ0v) is 18.2. The van der Waals surface area contributed by atoms with E-state index >= 15 is 0 Å². The highest BCUT2D eigenvalue weighted by Crippen LogP contribution is 2.55. The number of hydrogen-bond donors (Lipinski definition) is 2. The number of benzene rings is 1. The minimum atomic E-state index is -4.86. The van der Waals surface area contributed by atoms with Crippen molar-refractivity contribution < 1.29 is 41.3 Å². The predicted molar refractivity (Wildman–Crippen MR) is 108 cm³/mol. The molecule has 11 heteroatoms. The molecule has 0 bridgehead atoms. The first-order chi connectivity index (χ1) is 15.3. The number of amides is 1. The molecule has 2 aromatic rings. The van der Waals surface area contributed by atoms with Crippen LogP contribution < -0.4 is 10.1 Å². The fourth-order valence-electron chi connectivity index (χ4n) is 4.01. The Labute approximate surface area is 186 Å². The van der Waals surface area contributed by atoms with Gasteiger partial charge < -0.3 is 19.9 Å². The average Bonchev–Trinajstić information content (AvgIpc) is 3.02. The number of anilines is 1. The van der Waals surface area contributed by atoms with Gasteiger partial charge in [-0.15, -0.1) is 0 Å². The summed E-state index contributed by atoms with van der Waals surface area (Å²) < 4.78 is 80.2. The van der Waals surface area contributed by atoms with E-state index in [0.717, 1.165) is 26.2 Å². The molecule has 1 saturated heterocycles. The van der Waals surface area contributed by atoms with Crippen LogP contribution in [0.5, 0.6) is 5.75 Å². The molecule has 0 spiro atoms. The van der Waals surface area contributed by atoms with Crippen molar-refractivity contribution in [3.05, 3.63) is 53.4 Å². The van der Waals surface area contributed by atoms with Crippen LogP contribution in [0.3, 0.4) is 0 Å². The number of aliphatic hydroxyl groups excluding tert-OH is 1. The summed E-state index contributed by atoms with van der Waals surface area (Å²) in [5.41, 5.74) is -2.49. The van der Waals surface area contributed by atoms with Gasteiger partial charge in [0.1, 0.15) is 6.10 Å². The molecule has 1 aromatic heterocycles. The Morgan fingerprint density at radius 1 is 1.30 bits per heavy atom. The normalized spacial score (nSPS) is 26.2. The Bertz CT molecular complexity index is 1050. The summed E-state index contributed by atoms with van der Waals surface area (Å²) in [4.78, 5) is 17.0. The summed E-state index contributed by atoms with van der Waals surface area (Å²) in [5.74, 6) is -6.84. The predicted octanol–water partition coefficient (Wildman–Crippen LogP) is 4.50. The number of rotatable bonds is 5. The molecule has 0 aliphatic carbocycles. The second-order valence-corrected chi connectivity index (χ2v) is 8.08. The molecule has 5 atom stereocenters. The molecule has 1 aromatic carbocycles. The van der Waals surface area contributed by atoms with Gasteiger partial charge in [0, 0.05) is 29.3 Å². The molecule has 6 nitrogen and oxygen atoms in total. The fraction of sp³-hybridized carbons (Fsp3) is 0.455. The number of ether oxygens (including phenoxy) is 2. The van der Waals surface area contributed by atoms with Crippen LogP contribution >= 0.6 is 0 Å². The lowest BCUT2D eigenvalue weighted by Gasteiger charge is -2.32. The maximum Gasteiger partial charge on any atom is 0.417 e. The van der Waals surface area contributed by atoms with Crippen molar-refractivity contribution in [3.63, 3.8) is 0 Å². The molecular weight excluding hydrogens is 451 g/mol. The molecule has 5 unspecified atom stereocenters. The van der Waals surface area contributed by atoms with Crippen molar-refractivity contribution in [2.45, 2.75) is 50.7 Å². The standard InChI is InChI=1S/C22H23F5N2O4/c1-10-16(13-5-6-14(23)17(24)18(13)32-4)19(33-21(10,3)22(25,26)27)20(31)29-12-7-8-28-15(9-12)11(2)30/h5-11,16,19,30H,1-4H3,(H,28,29,31). The lowest BCUT2D eigenvalue weighted by atomic mass is 9.77. The third-order valence-corrected chi connectivity index (χ3v) is 6.05. The highest BCUT2D eigenvalue weighted by Gasteiger charge is 2.65. The van der Waals surface area contributed by atoms with Gasteiger partial charge in [-0.2, -0.15) is 17.6 Å². The summed E-state index contributed by atoms with van der Waals surface area (Å²) >= 11 is 0. The number of aliphatic hydroxyl groups is 1. The molecule has 1 aliphatic rings. The first-order valence-corrected chi connectivity index (χ1v) is 10.0. The Morgan fingerprint density at radius 2 is 1.97 bits per heavy atom. The van der Waals surface area contributed by atoms with E-state index in [-0.39, 0.29) is 16.9 Å². The number of aromatic nitrogens is 1. The Kier molecular flexibility index (Phi) is 6.67. The fourth-order valence-corrected chi connectivity index (χ4v) is 4.01. The van der Waals surface area contributed by atoms with Gasteiger partial charge in [-0.1, -0.05) is 13.0 Å². The van der Waals surface area contributed by atoms with Crippen LogP contribution in [0.4, 0.5) is 27.6 Å². The van der Waals surface area contributed by atoms with E-state index in [1.54, 1.807) is 0 Å². The quantitative estimate of drug-likeness (QED) is 0.624. The molecule has 0 radical (unpaired) electrons. The van der Waals surface area contributed by atoms with E-state index in [9.17, 15) is 31.9 Å². The Balaban J connectivity index is 2.07. The second kappa shape index (κ2) is 8.86. The number of carbonyl (C=O) groups is 1. The molecule has 0 saturated carbocycles. The van der Waals surface area contributed by atoms with E-state index in [2.05, 4.69) is 10.3 Å². The minimum Gasteiger partial charge on any atom is -0.493 e. The van der Waals surface area contributed by atoms with Gasteiger partial charge in [0.05, 0.1) is 18.9 Å². The van der Waals surface area contributed by atoms with Crippen molar-refractivity contribution in [1.82, 2.24) is 4.98 Å². The summed E-state index contributed by atoms with van der Waals surface area (Å²) in [6, 6.07) is 4.59. The van der Waals surface area contributed by atoms with Gasteiger partial charge in [0.25, 0.3) is 5.91 Å². The molecule has 3 rings (SSSR count). The van der Waals surface area contributed by atoms with Crippen LogP contribution in [0.1, 0.15) is 44.1 Å². The Morgan fingerprint density at radius 3 is 2.55 bits per heavy atom. The first-order valence-electron chi connectivity index (χ1n) is 10.0. The molecule has 1 amide bonds. The highest BCUT2D eigenvalue weighted by molar-refractivity contribution is 5.95. The number of alkyl halides is 3. The SMILES string of the molecule is COc1c(C2C(C(=O)Nc3ccnc(C(C)O)c3)OC(C)(C(F)(F)F)C2C)ccc(F)c1F. The van der Waals surface area contributed by atoms with Gasteiger partial charge in [-0.05, 0) is 32.0 Å². The van der Waals surface area contributed by atoms with E-state index in [0.29, 0.717) is 0 Å². The van der Waals surface area contributed by atoms with Gasteiger partial charge >= 0.3 is 6.18 Å². The van der Waals surface area contributed by atoms with Crippen molar-refractivity contribution >= 4 is 11.6 Å². The number of nitrogens with zero attached hydrogens (tertiary/aromatic N) is 1. The number of methoxy groups -OCH3 is 1. The van der Waals surface area contributed by atoms with Gasteiger partial charge in [-0.3, -0.25) is 9.78 Å². The van der Waals surface area contributed by atoms with Crippen LogP contribution in [-0.2, 0) is 9.53 Å². The van der Waals surface area contributed by atoms with Gasteiger partial charge in [0.15, 0.2) is 17.2 Å². The summed E-state index contributed by atoms with van der Waals surface area (Å²) in [5, 5.41) is 12.1. The van der Waals surface area contributed by atoms with E-state index in [4.69, 9.17) is 9.47 Å². The Hall–Kier alpha value is -2.79. The number of halogens is 5. The molecule has 2 heterocycles. The van der Waals surface area contributed by atoms with Crippen LogP contribution in [0.15, 0.2) is 30.5 Å². The third kappa shape index (κ3) is 4.39. The van der Waals surface area contributed by atoms with Gasteiger partial charge in [0.2, 0.25) is 5.82 Å². The monoisotopic (exact) mass is 474 g/mol. The molecule has 2 N–H and O–H groups in total. The first kappa shape index (κ1) is 24.8. The number of nitrogens with one attached hydrogen (secondary N) is 1. The zero-order valence-electron chi connectivity index (χ0n) is 18.2. The maximum atomic E-state index is 14.4. The summed E-state index contributed by atoms with van der Waals surface area (Å²) in [6.07, 6.45) is -6.21. The summed E-state index contributed by atoms with van der Waals surface area (Å²) in [7, 11) is 1.05. The largest absolute Gasteiger partial charge is 0.493 e. The lowest BCUT2D eigenvalue weighted by Crippen LogP contribution is -2.47. The van der Waals surface area contributed by atoms with Crippen LogP contribution in [0.25, 0.3) is 0 Å². The molecule has 1 fully saturated rings. The van der Waals surface area contributed by atoms with Crippen molar-refractivity contribution in [1.29, 1.82) is 0 Å². The summed E-state index contributed by atoms with van der Waals surface area (Å²) in [6.45, 7) is 3.49. The van der Waals surface area contributed by atoms with E-state index in [1.165, 1.54) is 32.2 Å². The van der Waals surface area contributed by atoms with E-state index < -0.39 is 59.1 Å².